The molecule has 28 heavy (non-hydrogen) atoms. The summed E-state index contributed by atoms with van der Waals surface area (Å²) in [6, 6.07) is 9.41. The van der Waals surface area contributed by atoms with E-state index in [1.165, 1.54) is 28.0 Å². The third-order valence-electron chi connectivity index (χ3n) is 3.85. The molecular weight excluding hydrogens is 401 g/mol. The van der Waals surface area contributed by atoms with Gasteiger partial charge in [0, 0.05) is 11.8 Å². The van der Waals surface area contributed by atoms with E-state index >= 15 is 0 Å². The topological polar surface area (TPSA) is 92.7 Å². The number of anilines is 1. The Hall–Kier alpha value is -2.98. The van der Waals surface area contributed by atoms with E-state index in [-0.39, 0.29) is 28.1 Å². The van der Waals surface area contributed by atoms with Gasteiger partial charge in [-0.3, -0.25) is 19.3 Å². The summed E-state index contributed by atoms with van der Waals surface area (Å²) in [7, 11) is 0. The summed E-state index contributed by atoms with van der Waals surface area (Å²) in [4.78, 5) is 29.6. The zero-order valence-electron chi connectivity index (χ0n) is 14.6. The first-order valence-electron chi connectivity index (χ1n) is 8.23. The SMILES string of the molecule is Cc1cc(NC(=O)CSc2nc3ccsc3c(=O)n2-c2ccccc2F)n[nH]1. The van der Waals surface area contributed by atoms with Gasteiger partial charge in [0.1, 0.15) is 10.5 Å². The van der Waals surface area contributed by atoms with Crippen LogP contribution in [0.4, 0.5) is 10.2 Å². The molecule has 0 unspecified atom stereocenters. The molecule has 0 bridgehead atoms. The number of halogens is 1. The maximum absolute atomic E-state index is 14.4. The van der Waals surface area contributed by atoms with Crippen molar-refractivity contribution in [1.29, 1.82) is 0 Å². The highest BCUT2D eigenvalue weighted by molar-refractivity contribution is 7.99. The second-order valence-corrected chi connectivity index (χ2v) is 7.75. The van der Waals surface area contributed by atoms with Crippen LogP contribution in [0.2, 0.25) is 0 Å². The van der Waals surface area contributed by atoms with Crippen LogP contribution >= 0.6 is 23.1 Å². The van der Waals surface area contributed by atoms with Crippen LogP contribution in [0, 0.1) is 12.7 Å². The van der Waals surface area contributed by atoms with Gasteiger partial charge in [0.25, 0.3) is 5.56 Å². The zero-order valence-corrected chi connectivity index (χ0v) is 16.2. The van der Waals surface area contributed by atoms with Crippen molar-refractivity contribution >= 4 is 45.0 Å². The third kappa shape index (κ3) is 3.56. The van der Waals surface area contributed by atoms with E-state index in [0.29, 0.717) is 16.0 Å². The maximum Gasteiger partial charge on any atom is 0.276 e. The van der Waals surface area contributed by atoms with Gasteiger partial charge in [-0.1, -0.05) is 23.9 Å². The lowest BCUT2D eigenvalue weighted by Gasteiger charge is -2.12. The highest BCUT2D eigenvalue weighted by atomic mass is 32.2. The molecule has 10 heteroatoms. The monoisotopic (exact) mass is 415 g/mol. The van der Waals surface area contributed by atoms with Crippen LogP contribution in [0.1, 0.15) is 5.69 Å². The van der Waals surface area contributed by atoms with Gasteiger partial charge in [0.15, 0.2) is 11.0 Å². The first kappa shape index (κ1) is 18.4. The Balaban J connectivity index is 1.68. The summed E-state index contributed by atoms with van der Waals surface area (Å²) < 4.78 is 16.0. The summed E-state index contributed by atoms with van der Waals surface area (Å²) in [5, 5.41) is 11.4. The van der Waals surface area contributed by atoms with E-state index in [4.69, 9.17) is 0 Å². The van der Waals surface area contributed by atoms with Crippen LogP contribution in [0.15, 0.2) is 51.7 Å². The summed E-state index contributed by atoms with van der Waals surface area (Å²) in [6.07, 6.45) is 0. The van der Waals surface area contributed by atoms with E-state index in [1.807, 2.05) is 6.92 Å². The Morgan fingerprint density at radius 1 is 1.36 bits per heavy atom. The number of hydrogen-bond acceptors (Lipinski definition) is 6. The first-order chi connectivity index (χ1) is 13.5. The number of fused-ring (bicyclic) bond motifs is 1. The number of rotatable bonds is 5. The number of amides is 1. The largest absolute Gasteiger partial charge is 0.308 e. The summed E-state index contributed by atoms with van der Waals surface area (Å²) in [5.41, 5.74) is 1.08. The molecule has 7 nitrogen and oxygen atoms in total. The number of aryl methyl sites for hydroxylation is 1. The highest BCUT2D eigenvalue weighted by Gasteiger charge is 2.18. The van der Waals surface area contributed by atoms with Crippen molar-refractivity contribution in [1.82, 2.24) is 19.7 Å². The number of para-hydroxylation sites is 1. The zero-order chi connectivity index (χ0) is 19.7. The van der Waals surface area contributed by atoms with Crippen molar-refractivity contribution in [2.24, 2.45) is 0 Å². The lowest BCUT2D eigenvalue weighted by atomic mass is 10.3. The van der Waals surface area contributed by atoms with Gasteiger partial charge < -0.3 is 5.32 Å². The molecule has 0 aliphatic carbocycles. The fourth-order valence-corrected chi connectivity index (χ4v) is 4.19. The predicted molar refractivity (Wildman–Crippen MR) is 108 cm³/mol. The molecule has 3 aromatic heterocycles. The molecule has 1 aromatic carbocycles. The van der Waals surface area contributed by atoms with Crippen LogP contribution in [-0.2, 0) is 4.79 Å². The van der Waals surface area contributed by atoms with Crippen LogP contribution in [0.5, 0.6) is 0 Å². The van der Waals surface area contributed by atoms with Gasteiger partial charge in [-0.25, -0.2) is 9.37 Å². The number of H-pyrrole nitrogens is 1. The van der Waals surface area contributed by atoms with Crippen molar-refractivity contribution in [3.05, 3.63) is 63.6 Å². The minimum absolute atomic E-state index is 0.0115. The number of aromatic amines is 1. The molecule has 0 saturated heterocycles. The average molecular weight is 415 g/mol. The number of carbonyl (C=O) groups is 1. The lowest BCUT2D eigenvalue weighted by Crippen LogP contribution is -2.23. The van der Waals surface area contributed by atoms with E-state index in [2.05, 4.69) is 20.5 Å². The van der Waals surface area contributed by atoms with Crippen LogP contribution in [-0.4, -0.2) is 31.4 Å². The van der Waals surface area contributed by atoms with Gasteiger partial charge in [0.05, 0.1) is 17.0 Å². The predicted octanol–water partition coefficient (Wildman–Crippen LogP) is 3.35. The molecule has 4 aromatic rings. The second-order valence-electron chi connectivity index (χ2n) is 5.89. The minimum atomic E-state index is -0.541. The van der Waals surface area contributed by atoms with Gasteiger partial charge >= 0.3 is 0 Å². The number of aromatic nitrogens is 4. The van der Waals surface area contributed by atoms with Crippen molar-refractivity contribution in [3.63, 3.8) is 0 Å². The Morgan fingerprint density at radius 2 is 2.18 bits per heavy atom. The number of hydrogen-bond donors (Lipinski definition) is 2. The van der Waals surface area contributed by atoms with Crippen molar-refractivity contribution < 1.29 is 9.18 Å². The van der Waals surface area contributed by atoms with E-state index in [9.17, 15) is 14.0 Å². The molecule has 0 aliphatic heterocycles. The lowest BCUT2D eigenvalue weighted by molar-refractivity contribution is -0.113. The number of nitrogens with one attached hydrogen (secondary N) is 2. The van der Waals surface area contributed by atoms with Gasteiger partial charge in [0.2, 0.25) is 5.91 Å². The molecular formula is C18H14FN5O2S2. The van der Waals surface area contributed by atoms with E-state index in [1.54, 1.807) is 29.6 Å². The van der Waals surface area contributed by atoms with Gasteiger partial charge in [-0.05, 0) is 30.5 Å². The fourth-order valence-electron chi connectivity index (χ4n) is 2.63. The van der Waals surface area contributed by atoms with Crippen LogP contribution in [0.25, 0.3) is 15.9 Å². The molecule has 4 rings (SSSR count). The number of benzene rings is 1. The normalized spacial score (nSPS) is 11.1. The van der Waals surface area contributed by atoms with Gasteiger partial charge in [-0.2, -0.15) is 5.10 Å². The molecule has 142 valence electrons. The fraction of sp³-hybridized carbons (Fsp3) is 0.111. The van der Waals surface area contributed by atoms with Crippen LogP contribution in [0.3, 0.4) is 0 Å². The van der Waals surface area contributed by atoms with Crippen molar-refractivity contribution in [3.8, 4) is 5.69 Å². The average Bonchev–Trinajstić information content (AvgIpc) is 3.30. The molecule has 1 amide bonds. The summed E-state index contributed by atoms with van der Waals surface area (Å²) in [5.74, 6) is -0.449. The number of thioether (sulfide) groups is 1. The van der Waals surface area contributed by atoms with Crippen molar-refractivity contribution in [2.45, 2.75) is 12.1 Å². The molecule has 3 heterocycles. The Kier molecular flexibility index (Phi) is 4.97. The van der Waals surface area contributed by atoms with Crippen LogP contribution < -0.4 is 10.9 Å². The second kappa shape index (κ2) is 7.56. The Bertz CT molecular complexity index is 1230. The molecule has 0 saturated carbocycles. The minimum Gasteiger partial charge on any atom is -0.308 e. The highest BCUT2D eigenvalue weighted by Crippen LogP contribution is 2.24. The first-order valence-corrected chi connectivity index (χ1v) is 10.1. The Labute approximate surface area is 166 Å². The molecule has 0 spiro atoms. The third-order valence-corrected chi connectivity index (χ3v) is 5.68. The van der Waals surface area contributed by atoms with E-state index in [0.717, 1.165) is 17.5 Å². The molecule has 0 aliphatic rings. The quantitative estimate of drug-likeness (QED) is 0.385. The van der Waals surface area contributed by atoms with E-state index < -0.39 is 5.82 Å². The van der Waals surface area contributed by atoms with Crippen molar-refractivity contribution in [2.75, 3.05) is 11.1 Å². The Morgan fingerprint density at radius 3 is 2.93 bits per heavy atom. The summed E-state index contributed by atoms with van der Waals surface area (Å²) in [6.45, 7) is 1.82. The smallest absolute Gasteiger partial charge is 0.276 e. The standard InChI is InChI=1S/C18H14FN5O2S2/c1-10-8-14(23-22-10)21-15(25)9-28-18-20-12-6-7-27-16(12)17(26)24(18)13-5-3-2-4-11(13)19/h2-8H,9H2,1H3,(H2,21,22,23,25). The number of thiophene rings is 1. The molecule has 0 fully saturated rings. The molecule has 0 atom stereocenters. The molecule has 0 radical (unpaired) electrons. The van der Waals surface area contributed by atoms with Gasteiger partial charge in [-0.15, -0.1) is 11.3 Å². The molecule has 2 N–H and O–H groups in total. The number of nitrogens with zero attached hydrogens (tertiary/aromatic N) is 3. The maximum atomic E-state index is 14.4. The summed E-state index contributed by atoms with van der Waals surface area (Å²) >= 11 is 2.30. The number of carbonyl (C=O) groups excluding carboxylic acids is 1.